The Hall–Kier alpha value is -0.860. The van der Waals surface area contributed by atoms with Crippen LogP contribution in [-0.2, 0) is 16.7 Å². The van der Waals surface area contributed by atoms with Crippen molar-refractivity contribution in [3.05, 3.63) is 35.4 Å². The predicted octanol–water partition coefficient (Wildman–Crippen LogP) is 3.38. The fourth-order valence-electron chi connectivity index (χ4n) is 3.22. The summed E-state index contributed by atoms with van der Waals surface area (Å²) in [7, 11) is 3.60. The number of piperidine rings is 1. The van der Waals surface area contributed by atoms with Crippen LogP contribution in [0.4, 0.5) is 0 Å². The second kappa shape index (κ2) is 11.9. The van der Waals surface area contributed by atoms with E-state index in [0.29, 0.717) is 6.04 Å². The van der Waals surface area contributed by atoms with Gasteiger partial charge in [-0.2, -0.15) is 0 Å². The van der Waals surface area contributed by atoms with Gasteiger partial charge in [-0.05, 0) is 29.4 Å². The van der Waals surface area contributed by atoms with Crippen LogP contribution in [0.5, 0.6) is 0 Å². The summed E-state index contributed by atoms with van der Waals surface area (Å²) in [5.74, 6) is 0.889. The van der Waals surface area contributed by atoms with Crippen molar-refractivity contribution < 1.29 is 4.74 Å². The summed E-state index contributed by atoms with van der Waals surface area (Å²) in [5, 5.41) is 7.01. The molecule has 5 nitrogen and oxygen atoms in total. The van der Waals surface area contributed by atoms with E-state index in [1.54, 1.807) is 7.11 Å². The first-order chi connectivity index (χ1) is 12.4. The number of ether oxygens (including phenoxy) is 1. The van der Waals surface area contributed by atoms with Gasteiger partial charge in [0.05, 0.1) is 6.61 Å². The summed E-state index contributed by atoms with van der Waals surface area (Å²) >= 11 is 0. The molecule has 0 bridgehead atoms. The minimum Gasteiger partial charge on any atom is -0.383 e. The molecule has 1 aromatic rings. The standard InChI is InChI=1S/C21H36N4O.HI/c1-21(2,3)18-8-6-17(7-9-18)16-23-20(22-4)24-19-10-12-25(13-11-19)14-15-26-5;/h6-9,19H,10-16H2,1-5H3,(H2,22,23,24);1H. The van der Waals surface area contributed by atoms with Crippen molar-refractivity contribution >= 4 is 29.9 Å². The van der Waals surface area contributed by atoms with Crippen LogP contribution >= 0.6 is 24.0 Å². The summed E-state index contributed by atoms with van der Waals surface area (Å²) in [6.45, 7) is 11.6. The van der Waals surface area contributed by atoms with Gasteiger partial charge < -0.3 is 20.3 Å². The number of hydrogen-bond donors (Lipinski definition) is 2. The quantitative estimate of drug-likeness (QED) is 0.366. The molecule has 0 radical (unpaired) electrons. The van der Waals surface area contributed by atoms with Crippen molar-refractivity contribution in [3.63, 3.8) is 0 Å². The summed E-state index contributed by atoms with van der Waals surface area (Å²) < 4.78 is 5.17. The molecule has 1 heterocycles. The van der Waals surface area contributed by atoms with Crippen molar-refractivity contribution in [3.8, 4) is 0 Å². The van der Waals surface area contributed by atoms with Gasteiger partial charge in [-0.1, -0.05) is 45.0 Å². The molecule has 0 amide bonds. The first-order valence-electron chi connectivity index (χ1n) is 9.70. The maximum absolute atomic E-state index is 5.17. The van der Waals surface area contributed by atoms with E-state index in [9.17, 15) is 0 Å². The lowest BCUT2D eigenvalue weighted by atomic mass is 9.87. The Bertz CT molecular complexity index is 561. The minimum absolute atomic E-state index is 0. The Labute approximate surface area is 182 Å². The van der Waals surface area contributed by atoms with Crippen molar-refractivity contribution in [1.82, 2.24) is 15.5 Å². The topological polar surface area (TPSA) is 48.9 Å². The van der Waals surface area contributed by atoms with E-state index in [1.165, 1.54) is 11.1 Å². The van der Waals surface area contributed by atoms with Crippen LogP contribution in [0.3, 0.4) is 0 Å². The minimum atomic E-state index is 0. The third-order valence-corrected chi connectivity index (χ3v) is 5.04. The smallest absolute Gasteiger partial charge is 0.191 e. The molecule has 27 heavy (non-hydrogen) atoms. The van der Waals surface area contributed by atoms with Crippen LogP contribution in [0, 0.1) is 0 Å². The number of rotatable bonds is 6. The fourth-order valence-corrected chi connectivity index (χ4v) is 3.22. The number of benzene rings is 1. The highest BCUT2D eigenvalue weighted by molar-refractivity contribution is 14.0. The number of nitrogens with one attached hydrogen (secondary N) is 2. The summed E-state index contributed by atoms with van der Waals surface area (Å²) in [6.07, 6.45) is 2.29. The van der Waals surface area contributed by atoms with Crippen LogP contribution in [0.25, 0.3) is 0 Å². The average molecular weight is 488 g/mol. The highest BCUT2D eigenvalue weighted by atomic mass is 127. The molecule has 0 atom stereocenters. The molecule has 1 aliphatic heterocycles. The number of hydrogen-bond acceptors (Lipinski definition) is 3. The lowest BCUT2D eigenvalue weighted by molar-refractivity contribution is 0.128. The first kappa shape index (κ1) is 24.2. The predicted molar refractivity (Wildman–Crippen MR) is 125 cm³/mol. The van der Waals surface area contributed by atoms with E-state index < -0.39 is 0 Å². The number of nitrogens with zero attached hydrogens (tertiary/aromatic N) is 2. The second-order valence-corrected chi connectivity index (χ2v) is 8.13. The van der Waals surface area contributed by atoms with Gasteiger partial charge >= 0.3 is 0 Å². The molecule has 0 saturated carbocycles. The number of halogens is 1. The molecule has 2 rings (SSSR count). The molecule has 1 fully saturated rings. The Morgan fingerprint density at radius 2 is 1.81 bits per heavy atom. The molecule has 0 aromatic heterocycles. The second-order valence-electron chi connectivity index (χ2n) is 8.13. The maximum atomic E-state index is 5.17. The molecule has 154 valence electrons. The first-order valence-corrected chi connectivity index (χ1v) is 9.70. The molecule has 6 heteroatoms. The molecule has 0 unspecified atom stereocenters. The van der Waals surface area contributed by atoms with Gasteiger partial charge in [-0.15, -0.1) is 24.0 Å². The van der Waals surface area contributed by atoms with Crippen molar-refractivity contribution in [2.24, 2.45) is 4.99 Å². The maximum Gasteiger partial charge on any atom is 0.191 e. The van der Waals surface area contributed by atoms with Gasteiger partial charge in [-0.25, -0.2) is 0 Å². The van der Waals surface area contributed by atoms with E-state index >= 15 is 0 Å². The largest absolute Gasteiger partial charge is 0.383 e. The number of aliphatic imine (C=N–C) groups is 1. The SMILES string of the molecule is CN=C(NCc1ccc(C(C)(C)C)cc1)NC1CCN(CCOC)CC1.I. The average Bonchev–Trinajstić information content (AvgIpc) is 2.64. The van der Waals surface area contributed by atoms with E-state index in [-0.39, 0.29) is 29.4 Å². The third kappa shape index (κ3) is 8.35. The van der Waals surface area contributed by atoms with Crippen molar-refractivity contribution in [1.29, 1.82) is 0 Å². The van der Waals surface area contributed by atoms with Crippen molar-refractivity contribution in [2.75, 3.05) is 40.4 Å². The molecular formula is C21H37IN4O. The van der Waals surface area contributed by atoms with E-state index in [4.69, 9.17) is 4.74 Å². The van der Waals surface area contributed by atoms with Crippen LogP contribution in [0.1, 0.15) is 44.7 Å². The zero-order chi connectivity index (χ0) is 19.0. The molecule has 1 aromatic carbocycles. The molecular weight excluding hydrogens is 451 g/mol. The molecule has 2 N–H and O–H groups in total. The van der Waals surface area contributed by atoms with Gasteiger partial charge in [0.2, 0.25) is 0 Å². The van der Waals surface area contributed by atoms with Gasteiger partial charge in [0.25, 0.3) is 0 Å². The Morgan fingerprint density at radius 3 is 2.33 bits per heavy atom. The fraction of sp³-hybridized carbons (Fsp3) is 0.667. The number of guanidine groups is 1. The van der Waals surface area contributed by atoms with E-state index in [1.807, 2.05) is 7.05 Å². The summed E-state index contributed by atoms with van der Waals surface area (Å²) in [6, 6.07) is 9.35. The summed E-state index contributed by atoms with van der Waals surface area (Å²) in [4.78, 5) is 6.85. The van der Waals surface area contributed by atoms with Crippen LogP contribution < -0.4 is 10.6 Å². The Morgan fingerprint density at radius 1 is 1.19 bits per heavy atom. The van der Waals surface area contributed by atoms with Gasteiger partial charge in [0, 0.05) is 46.4 Å². The van der Waals surface area contributed by atoms with Crippen LogP contribution in [0.15, 0.2) is 29.3 Å². The van der Waals surface area contributed by atoms with Gasteiger partial charge in [0.15, 0.2) is 5.96 Å². The van der Waals surface area contributed by atoms with E-state index in [0.717, 1.165) is 51.6 Å². The lowest BCUT2D eigenvalue weighted by Crippen LogP contribution is -2.48. The number of methoxy groups -OCH3 is 1. The third-order valence-electron chi connectivity index (χ3n) is 5.04. The number of likely N-dealkylation sites (tertiary alicyclic amines) is 1. The molecule has 1 aliphatic rings. The normalized spacial score (nSPS) is 16.7. The molecule has 1 saturated heterocycles. The summed E-state index contributed by atoms with van der Waals surface area (Å²) in [5.41, 5.74) is 2.83. The Balaban J connectivity index is 0.00000364. The van der Waals surface area contributed by atoms with Crippen LogP contribution in [-0.4, -0.2) is 57.3 Å². The van der Waals surface area contributed by atoms with Gasteiger partial charge in [0.1, 0.15) is 0 Å². The highest BCUT2D eigenvalue weighted by Gasteiger charge is 2.19. The molecule has 0 spiro atoms. The molecule has 0 aliphatic carbocycles. The van der Waals surface area contributed by atoms with Gasteiger partial charge in [-0.3, -0.25) is 4.99 Å². The zero-order valence-electron chi connectivity index (χ0n) is 17.5. The zero-order valence-corrected chi connectivity index (χ0v) is 19.9. The monoisotopic (exact) mass is 488 g/mol. The highest BCUT2D eigenvalue weighted by Crippen LogP contribution is 2.22. The Kier molecular flexibility index (Phi) is 10.6. The van der Waals surface area contributed by atoms with Crippen LogP contribution in [0.2, 0.25) is 0 Å². The lowest BCUT2D eigenvalue weighted by Gasteiger charge is -2.32. The van der Waals surface area contributed by atoms with E-state index in [2.05, 4.69) is 65.6 Å². The van der Waals surface area contributed by atoms with Crippen molar-refractivity contribution in [2.45, 2.75) is 51.6 Å².